The molecule has 1 aromatic rings. The monoisotopic (exact) mass is 346 g/mol. The number of sulfonamides is 1. The average molecular weight is 347 g/mol. The minimum Gasteiger partial charge on any atom is -0.314 e. The van der Waals surface area contributed by atoms with Gasteiger partial charge in [0, 0.05) is 12.6 Å². The van der Waals surface area contributed by atoms with Gasteiger partial charge in [0.25, 0.3) is 0 Å². The van der Waals surface area contributed by atoms with Crippen molar-refractivity contribution in [2.24, 2.45) is 0 Å². The summed E-state index contributed by atoms with van der Waals surface area (Å²) < 4.78 is 28.0. The SMILES string of the molecule is Cc1cc(C)c(C)c(S(=O)(=O)NCC[C@H]2CCCN2)c1C.Cl. The van der Waals surface area contributed by atoms with E-state index in [4.69, 9.17) is 0 Å². The van der Waals surface area contributed by atoms with Gasteiger partial charge in [-0.05, 0) is 75.8 Å². The molecule has 1 fully saturated rings. The topological polar surface area (TPSA) is 58.2 Å². The van der Waals surface area contributed by atoms with E-state index in [0.717, 1.165) is 41.6 Å². The molecule has 0 aromatic heterocycles. The van der Waals surface area contributed by atoms with Crippen LogP contribution in [0.15, 0.2) is 11.0 Å². The van der Waals surface area contributed by atoms with Crippen LogP contribution in [0.2, 0.25) is 0 Å². The molecule has 0 saturated carbocycles. The lowest BCUT2D eigenvalue weighted by atomic mass is 10.0. The second-order valence-electron chi connectivity index (χ2n) is 6.07. The lowest BCUT2D eigenvalue weighted by molar-refractivity contribution is 0.539. The molecule has 0 radical (unpaired) electrons. The first-order valence-electron chi connectivity index (χ1n) is 7.63. The molecule has 1 aromatic carbocycles. The number of benzene rings is 1. The van der Waals surface area contributed by atoms with E-state index in [1.165, 1.54) is 6.42 Å². The second-order valence-corrected chi connectivity index (χ2v) is 7.77. The molecule has 0 bridgehead atoms. The summed E-state index contributed by atoms with van der Waals surface area (Å²) in [4.78, 5) is 0.458. The molecule has 126 valence electrons. The molecule has 1 aliphatic rings. The fourth-order valence-corrected chi connectivity index (χ4v) is 4.69. The van der Waals surface area contributed by atoms with Crippen molar-refractivity contribution in [1.82, 2.24) is 10.0 Å². The van der Waals surface area contributed by atoms with Crippen molar-refractivity contribution in [2.45, 2.75) is 57.9 Å². The lowest BCUT2D eigenvalue weighted by Crippen LogP contribution is -2.31. The van der Waals surface area contributed by atoms with Gasteiger partial charge in [-0.25, -0.2) is 13.1 Å². The fraction of sp³-hybridized carbons (Fsp3) is 0.625. The highest BCUT2D eigenvalue weighted by atomic mass is 35.5. The molecule has 1 aliphatic heterocycles. The van der Waals surface area contributed by atoms with Crippen LogP contribution in [0.5, 0.6) is 0 Å². The Labute approximate surface area is 140 Å². The molecule has 1 heterocycles. The third-order valence-corrected chi connectivity index (χ3v) is 6.25. The van der Waals surface area contributed by atoms with Gasteiger partial charge < -0.3 is 5.32 Å². The van der Waals surface area contributed by atoms with Crippen LogP contribution in [-0.4, -0.2) is 27.5 Å². The van der Waals surface area contributed by atoms with Crippen LogP contribution < -0.4 is 10.0 Å². The summed E-state index contributed by atoms with van der Waals surface area (Å²) >= 11 is 0. The maximum absolute atomic E-state index is 12.6. The summed E-state index contributed by atoms with van der Waals surface area (Å²) in [5.41, 5.74) is 3.75. The Morgan fingerprint density at radius 2 is 1.77 bits per heavy atom. The third kappa shape index (κ3) is 4.22. The molecule has 6 heteroatoms. The lowest BCUT2D eigenvalue weighted by Gasteiger charge is -2.17. The van der Waals surface area contributed by atoms with Crippen LogP contribution in [0.1, 0.15) is 41.5 Å². The zero-order valence-electron chi connectivity index (χ0n) is 13.8. The number of halogens is 1. The number of nitrogens with one attached hydrogen (secondary N) is 2. The minimum absolute atomic E-state index is 0. The van der Waals surface area contributed by atoms with E-state index in [1.54, 1.807) is 0 Å². The zero-order chi connectivity index (χ0) is 15.6. The van der Waals surface area contributed by atoms with Gasteiger partial charge in [0.05, 0.1) is 4.90 Å². The molecule has 0 unspecified atom stereocenters. The predicted molar refractivity (Wildman–Crippen MR) is 93.5 cm³/mol. The van der Waals surface area contributed by atoms with Crippen LogP contribution in [0.4, 0.5) is 0 Å². The van der Waals surface area contributed by atoms with Gasteiger partial charge in [-0.3, -0.25) is 0 Å². The Kier molecular flexibility index (Phi) is 6.86. The Hall–Kier alpha value is -0.620. The maximum Gasteiger partial charge on any atom is 0.241 e. The number of rotatable bonds is 5. The van der Waals surface area contributed by atoms with Gasteiger partial charge in [-0.1, -0.05) is 6.07 Å². The van der Waals surface area contributed by atoms with E-state index in [9.17, 15) is 8.42 Å². The van der Waals surface area contributed by atoms with E-state index in [1.807, 2.05) is 33.8 Å². The van der Waals surface area contributed by atoms with Gasteiger partial charge >= 0.3 is 0 Å². The normalized spacial score (nSPS) is 18.3. The number of hydrogen-bond acceptors (Lipinski definition) is 3. The summed E-state index contributed by atoms with van der Waals surface area (Å²) in [5.74, 6) is 0. The molecule has 0 spiro atoms. The molecule has 4 nitrogen and oxygen atoms in total. The highest BCUT2D eigenvalue weighted by molar-refractivity contribution is 7.89. The fourth-order valence-electron chi connectivity index (χ4n) is 3.03. The van der Waals surface area contributed by atoms with Gasteiger partial charge in [0.1, 0.15) is 0 Å². The molecule has 0 aliphatic carbocycles. The highest BCUT2D eigenvalue weighted by Gasteiger charge is 2.22. The molecule has 22 heavy (non-hydrogen) atoms. The van der Waals surface area contributed by atoms with Gasteiger partial charge in [-0.15, -0.1) is 12.4 Å². The zero-order valence-corrected chi connectivity index (χ0v) is 15.5. The second kappa shape index (κ2) is 7.77. The Morgan fingerprint density at radius 3 is 2.27 bits per heavy atom. The highest BCUT2D eigenvalue weighted by Crippen LogP contribution is 2.25. The Balaban J connectivity index is 0.00000242. The maximum atomic E-state index is 12.6. The number of hydrogen-bond donors (Lipinski definition) is 2. The summed E-state index contributed by atoms with van der Waals surface area (Å²) in [5, 5.41) is 3.39. The minimum atomic E-state index is -3.44. The van der Waals surface area contributed by atoms with Crippen molar-refractivity contribution in [1.29, 1.82) is 0 Å². The first-order valence-corrected chi connectivity index (χ1v) is 9.11. The molecular weight excluding hydrogens is 320 g/mol. The van der Waals surface area contributed by atoms with Crippen molar-refractivity contribution in [3.05, 3.63) is 28.3 Å². The number of aryl methyl sites for hydroxylation is 2. The summed E-state index contributed by atoms with van der Waals surface area (Å²) in [6, 6.07) is 2.50. The third-order valence-electron chi connectivity index (χ3n) is 4.51. The molecule has 1 atom stereocenters. The smallest absolute Gasteiger partial charge is 0.241 e. The molecule has 2 N–H and O–H groups in total. The first kappa shape index (κ1) is 19.4. The summed E-state index contributed by atoms with van der Waals surface area (Å²) in [6.45, 7) is 9.23. The Bertz CT molecular complexity index is 597. The van der Waals surface area contributed by atoms with Gasteiger partial charge in [-0.2, -0.15) is 0 Å². The molecule has 2 rings (SSSR count). The standard InChI is InChI=1S/C16H26N2O2S.ClH/c1-11-10-12(2)14(4)16(13(11)3)21(19,20)18-9-7-15-6-5-8-17-15;/h10,15,17-18H,5-9H2,1-4H3;1H/t15-;/m1./s1. The quantitative estimate of drug-likeness (QED) is 0.861. The largest absolute Gasteiger partial charge is 0.314 e. The molecular formula is C16H27ClN2O2S. The van der Waals surface area contributed by atoms with Crippen LogP contribution in [0, 0.1) is 27.7 Å². The van der Waals surface area contributed by atoms with E-state index < -0.39 is 10.0 Å². The van der Waals surface area contributed by atoms with E-state index >= 15 is 0 Å². The van der Waals surface area contributed by atoms with Crippen LogP contribution in [0.3, 0.4) is 0 Å². The van der Waals surface area contributed by atoms with Crippen molar-refractivity contribution in [2.75, 3.05) is 13.1 Å². The van der Waals surface area contributed by atoms with Crippen molar-refractivity contribution in [3.63, 3.8) is 0 Å². The van der Waals surface area contributed by atoms with E-state index in [-0.39, 0.29) is 12.4 Å². The Morgan fingerprint density at radius 1 is 1.18 bits per heavy atom. The van der Waals surface area contributed by atoms with E-state index in [0.29, 0.717) is 17.5 Å². The summed E-state index contributed by atoms with van der Waals surface area (Å²) in [7, 11) is -3.44. The first-order chi connectivity index (χ1) is 9.83. The van der Waals surface area contributed by atoms with Crippen molar-refractivity contribution < 1.29 is 8.42 Å². The molecule has 0 amide bonds. The van der Waals surface area contributed by atoms with Crippen molar-refractivity contribution >= 4 is 22.4 Å². The van der Waals surface area contributed by atoms with Crippen molar-refractivity contribution in [3.8, 4) is 0 Å². The van der Waals surface area contributed by atoms with Crippen LogP contribution in [0.25, 0.3) is 0 Å². The predicted octanol–water partition coefficient (Wildman–Crippen LogP) is 2.76. The van der Waals surface area contributed by atoms with Gasteiger partial charge in [0.15, 0.2) is 0 Å². The van der Waals surface area contributed by atoms with Crippen LogP contribution >= 0.6 is 12.4 Å². The molecule has 1 saturated heterocycles. The van der Waals surface area contributed by atoms with Gasteiger partial charge in [0.2, 0.25) is 10.0 Å². The van der Waals surface area contributed by atoms with E-state index in [2.05, 4.69) is 10.0 Å². The average Bonchev–Trinajstić information content (AvgIpc) is 2.89. The summed E-state index contributed by atoms with van der Waals surface area (Å²) in [6.07, 6.45) is 3.18. The van der Waals surface area contributed by atoms with Crippen LogP contribution in [-0.2, 0) is 10.0 Å².